The molecule has 0 aliphatic carbocycles. The first-order valence-electron chi connectivity index (χ1n) is 8.21. The van der Waals surface area contributed by atoms with Gasteiger partial charge in [-0.25, -0.2) is 4.98 Å². The van der Waals surface area contributed by atoms with Gasteiger partial charge in [0.1, 0.15) is 5.82 Å². The lowest BCUT2D eigenvalue weighted by Gasteiger charge is -2.17. The minimum Gasteiger partial charge on any atom is -0.490 e. The molecule has 9 heteroatoms. The van der Waals surface area contributed by atoms with Gasteiger partial charge in [0.15, 0.2) is 11.5 Å². The van der Waals surface area contributed by atoms with Crippen LogP contribution in [-0.2, 0) is 11.3 Å². The molecule has 3 rings (SSSR count). The lowest BCUT2D eigenvalue weighted by molar-refractivity contribution is -0.117. The maximum atomic E-state index is 12.8. The summed E-state index contributed by atoms with van der Waals surface area (Å²) in [5.41, 5.74) is 0.585. The van der Waals surface area contributed by atoms with Crippen molar-refractivity contribution >= 4 is 11.6 Å². The molecule has 1 N–H and O–H groups in total. The first-order chi connectivity index (χ1) is 12.5. The van der Waals surface area contributed by atoms with E-state index in [4.69, 9.17) is 9.47 Å². The highest BCUT2D eigenvalue weighted by atomic mass is 19.3. The molecule has 1 aliphatic heterocycles. The molecular formula is C17H20F2N4O3. The van der Waals surface area contributed by atoms with E-state index in [0.717, 1.165) is 11.0 Å². The van der Waals surface area contributed by atoms with Gasteiger partial charge in [0.25, 0.3) is 0 Å². The minimum absolute atomic E-state index is 0.0323. The summed E-state index contributed by atoms with van der Waals surface area (Å²) in [6.07, 6.45) is 3.33. The van der Waals surface area contributed by atoms with E-state index in [1.54, 1.807) is 30.1 Å². The van der Waals surface area contributed by atoms with Crippen molar-refractivity contribution in [3.05, 3.63) is 36.4 Å². The van der Waals surface area contributed by atoms with E-state index in [0.29, 0.717) is 30.4 Å². The number of aromatic nitrogens is 2. The van der Waals surface area contributed by atoms with Gasteiger partial charge in [-0.05, 0) is 19.2 Å². The first kappa shape index (κ1) is 18.1. The molecule has 1 aliphatic rings. The van der Waals surface area contributed by atoms with Gasteiger partial charge < -0.3 is 14.8 Å². The Morgan fingerprint density at radius 3 is 2.88 bits per heavy atom. The van der Waals surface area contributed by atoms with Gasteiger partial charge in [-0.3, -0.25) is 14.3 Å². The summed E-state index contributed by atoms with van der Waals surface area (Å²) in [6, 6.07) is 5.19. The maximum absolute atomic E-state index is 12.8. The fraction of sp³-hybridized carbons (Fsp3) is 0.412. The largest absolute Gasteiger partial charge is 0.490 e. The molecule has 26 heavy (non-hydrogen) atoms. The van der Waals surface area contributed by atoms with Crippen molar-refractivity contribution in [3.8, 4) is 11.5 Å². The van der Waals surface area contributed by atoms with Gasteiger partial charge in [-0.1, -0.05) is 0 Å². The number of carbonyl (C=O) groups is 1. The third kappa shape index (κ3) is 4.48. The number of nitrogens with zero attached hydrogens (tertiary/aromatic N) is 3. The van der Waals surface area contributed by atoms with E-state index in [-0.39, 0.29) is 24.8 Å². The Morgan fingerprint density at radius 1 is 1.35 bits per heavy atom. The van der Waals surface area contributed by atoms with Crippen molar-refractivity contribution < 1.29 is 23.0 Å². The standard InChI is InChI=1S/C17H20F2N4O3/c1-22(10-15-20-5-6-23(15)17(18)19)11-16(24)21-12-3-4-13-14(9-12)26-8-2-7-25-13/h3-6,9,17H,2,7-8,10-11H2,1H3,(H,21,24). The number of benzene rings is 1. The zero-order valence-corrected chi connectivity index (χ0v) is 14.3. The molecule has 0 unspecified atom stereocenters. The number of nitrogens with one attached hydrogen (secondary N) is 1. The van der Waals surface area contributed by atoms with Crippen LogP contribution in [0.2, 0.25) is 0 Å². The molecule has 0 bridgehead atoms. The number of alkyl halides is 2. The van der Waals surface area contributed by atoms with Crippen LogP contribution < -0.4 is 14.8 Å². The third-order valence-electron chi connectivity index (χ3n) is 3.82. The molecule has 1 aromatic carbocycles. The van der Waals surface area contributed by atoms with E-state index >= 15 is 0 Å². The normalized spacial score (nSPS) is 13.7. The summed E-state index contributed by atoms with van der Waals surface area (Å²) in [6.45, 7) is -1.34. The Balaban J connectivity index is 1.56. The second-order valence-corrected chi connectivity index (χ2v) is 5.96. The molecule has 0 spiro atoms. The number of carbonyl (C=O) groups excluding carboxylic acids is 1. The van der Waals surface area contributed by atoms with Crippen LogP contribution in [0.5, 0.6) is 11.5 Å². The van der Waals surface area contributed by atoms with Gasteiger partial charge in [0, 0.05) is 30.6 Å². The van der Waals surface area contributed by atoms with E-state index in [2.05, 4.69) is 10.3 Å². The summed E-state index contributed by atoms with van der Waals surface area (Å²) >= 11 is 0. The molecule has 2 heterocycles. The van der Waals surface area contributed by atoms with Crippen LogP contribution in [0, 0.1) is 0 Å². The summed E-state index contributed by atoms with van der Waals surface area (Å²) in [4.78, 5) is 17.7. The van der Waals surface area contributed by atoms with Crippen LogP contribution >= 0.6 is 0 Å². The SMILES string of the molecule is CN(CC(=O)Nc1ccc2c(c1)OCCCO2)Cc1nccn1C(F)F. The van der Waals surface area contributed by atoms with Crippen molar-refractivity contribution in [1.82, 2.24) is 14.5 Å². The zero-order valence-electron chi connectivity index (χ0n) is 14.3. The van der Waals surface area contributed by atoms with Crippen molar-refractivity contribution in [3.63, 3.8) is 0 Å². The van der Waals surface area contributed by atoms with E-state index in [1.807, 2.05) is 0 Å². The second kappa shape index (κ2) is 8.13. The number of hydrogen-bond acceptors (Lipinski definition) is 5. The van der Waals surface area contributed by atoms with Gasteiger partial charge in [-0.15, -0.1) is 0 Å². The third-order valence-corrected chi connectivity index (χ3v) is 3.82. The fourth-order valence-electron chi connectivity index (χ4n) is 2.63. The predicted octanol–water partition coefficient (Wildman–Crippen LogP) is 2.51. The Kier molecular flexibility index (Phi) is 5.67. The number of amides is 1. The molecular weight excluding hydrogens is 346 g/mol. The molecule has 0 atom stereocenters. The van der Waals surface area contributed by atoms with Gasteiger partial charge in [-0.2, -0.15) is 8.78 Å². The smallest absolute Gasteiger partial charge is 0.319 e. The van der Waals surface area contributed by atoms with Crippen LogP contribution in [0.1, 0.15) is 18.8 Å². The van der Waals surface area contributed by atoms with Crippen molar-refractivity contribution in [2.45, 2.75) is 19.5 Å². The van der Waals surface area contributed by atoms with Crippen LogP contribution in [0.25, 0.3) is 0 Å². The highest BCUT2D eigenvalue weighted by molar-refractivity contribution is 5.92. The topological polar surface area (TPSA) is 68.6 Å². The monoisotopic (exact) mass is 366 g/mol. The van der Waals surface area contributed by atoms with Crippen LogP contribution in [-0.4, -0.2) is 47.2 Å². The quantitative estimate of drug-likeness (QED) is 0.851. The van der Waals surface area contributed by atoms with Crippen molar-refractivity contribution in [2.75, 3.05) is 32.1 Å². The van der Waals surface area contributed by atoms with Crippen LogP contribution in [0.15, 0.2) is 30.6 Å². The second-order valence-electron chi connectivity index (χ2n) is 5.96. The van der Waals surface area contributed by atoms with E-state index in [9.17, 15) is 13.6 Å². The number of imidazole rings is 1. The van der Waals surface area contributed by atoms with E-state index in [1.165, 1.54) is 12.4 Å². The summed E-state index contributed by atoms with van der Waals surface area (Å²) in [5, 5.41) is 2.77. The van der Waals surface area contributed by atoms with Gasteiger partial charge in [0.2, 0.25) is 5.91 Å². The minimum atomic E-state index is -2.66. The lowest BCUT2D eigenvalue weighted by atomic mass is 10.2. The predicted molar refractivity (Wildman–Crippen MR) is 90.5 cm³/mol. The maximum Gasteiger partial charge on any atom is 0.319 e. The molecule has 1 aromatic heterocycles. The molecule has 0 fully saturated rings. The number of hydrogen-bond donors (Lipinski definition) is 1. The average Bonchev–Trinajstić information content (AvgIpc) is 2.91. The van der Waals surface area contributed by atoms with Gasteiger partial charge in [0.05, 0.1) is 26.3 Å². The van der Waals surface area contributed by atoms with Gasteiger partial charge >= 0.3 is 6.55 Å². The number of rotatable bonds is 6. The summed E-state index contributed by atoms with van der Waals surface area (Å²) in [5.74, 6) is 1.17. The Bertz CT molecular complexity index is 766. The van der Waals surface area contributed by atoms with Crippen LogP contribution in [0.3, 0.4) is 0 Å². The number of halogens is 2. The number of anilines is 1. The van der Waals surface area contributed by atoms with Crippen LogP contribution in [0.4, 0.5) is 14.5 Å². The summed E-state index contributed by atoms with van der Waals surface area (Å²) in [7, 11) is 1.66. The fourth-order valence-corrected chi connectivity index (χ4v) is 2.63. The number of likely N-dealkylation sites (N-methyl/N-ethyl adjacent to an activating group) is 1. The molecule has 0 radical (unpaired) electrons. The lowest BCUT2D eigenvalue weighted by Crippen LogP contribution is -2.30. The highest BCUT2D eigenvalue weighted by Gasteiger charge is 2.16. The number of ether oxygens (including phenoxy) is 2. The molecule has 0 saturated heterocycles. The average molecular weight is 366 g/mol. The first-order valence-corrected chi connectivity index (χ1v) is 8.21. The molecule has 7 nitrogen and oxygen atoms in total. The van der Waals surface area contributed by atoms with Crippen molar-refractivity contribution in [2.24, 2.45) is 0 Å². The highest BCUT2D eigenvalue weighted by Crippen LogP contribution is 2.32. The molecule has 0 saturated carbocycles. The Labute approximate surface area is 149 Å². The van der Waals surface area contributed by atoms with Crippen molar-refractivity contribution in [1.29, 1.82) is 0 Å². The molecule has 1 amide bonds. The molecule has 2 aromatic rings. The zero-order chi connectivity index (χ0) is 18.5. The Hall–Kier alpha value is -2.68. The summed E-state index contributed by atoms with van der Waals surface area (Å²) < 4.78 is 37.6. The molecule has 140 valence electrons. The number of fused-ring (bicyclic) bond motifs is 1. The Morgan fingerprint density at radius 2 is 2.12 bits per heavy atom. The van der Waals surface area contributed by atoms with E-state index < -0.39 is 6.55 Å².